The molecular formula is C22H38O3Si. The molecule has 1 aromatic carbocycles. The molecule has 0 bridgehead atoms. The Kier molecular flexibility index (Phi) is 10.8. The van der Waals surface area contributed by atoms with Gasteiger partial charge in [0.25, 0.3) is 0 Å². The van der Waals surface area contributed by atoms with Gasteiger partial charge in [0.05, 0.1) is 12.0 Å². The molecule has 1 aromatic rings. The quantitative estimate of drug-likeness (QED) is 0.362. The van der Waals surface area contributed by atoms with Crippen molar-refractivity contribution in [3.8, 4) is 0 Å². The van der Waals surface area contributed by atoms with Crippen LogP contribution in [0, 0.1) is 5.92 Å². The predicted octanol–water partition coefficient (Wildman–Crippen LogP) is 6.81. The van der Waals surface area contributed by atoms with Crippen molar-refractivity contribution in [2.75, 3.05) is 0 Å². The van der Waals surface area contributed by atoms with E-state index < -0.39 is 20.2 Å². The first-order valence-corrected chi connectivity index (χ1v) is 13.0. The topological polar surface area (TPSA) is 46.5 Å². The van der Waals surface area contributed by atoms with Crippen LogP contribution < -0.4 is 0 Å². The summed E-state index contributed by atoms with van der Waals surface area (Å²) in [5.74, 6) is -1.31. The van der Waals surface area contributed by atoms with Crippen LogP contribution >= 0.6 is 0 Å². The van der Waals surface area contributed by atoms with Gasteiger partial charge in [-0.2, -0.15) is 0 Å². The highest BCUT2D eigenvalue weighted by molar-refractivity contribution is 6.73. The fraction of sp³-hybridized carbons (Fsp3) is 0.682. The van der Waals surface area contributed by atoms with Gasteiger partial charge < -0.3 is 9.53 Å². The van der Waals surface area contributed by atoms with Crippen molar-refractivity contribution in [3.05, 3.63) is 35.9 Å². The van der Waals surface area contributed by atoms with Crippen LogP contribution in [-0.2, 0) is 9.22 Å². The second kappa shape index (κ2) is 12.3. The largest absolute Gasteiger partial charge is 0.481 e. The van der Waals surface area contributed by atoms with Crippen molar-refractivity contribution in [2.45, 2.75) is 90.5 Å². The normalized spacial score (nSPS) is 14.2. The predicted molar refractivity (Wildman–Crippen MR) is 112 cm³/mol. The molecule has 0 aliphatic rings. The van der Waals surface area contributed by atoms with Crippen molar-refractivity contribution >= 4 is 14.3 Å². The van der Waals surface area contributed by atoms with E-state index >= 15 is 0 Å². The summed E-state index contributed by atoms with van der Waals surface area (Å²) >= 11 is 0. The Hall–Kier alpha value is -1.13. The van der Waals surface area contributed by atoms with E-state index in [2.05, 4.69) is 20.8 Å². The Morgan fingerprint density at radius 1 is 0.962 bits per heavy atom. The molecule has 0 heterocycles. The molecule has 0 aliphatic carbocycles. The highest BCUT2D eigenvalue weighted by atomic mass is 28.4. The number of benzene rings is 1. The smallest absolute Gasteiger partial charge is 0.309 e. The van der Waals surface area contributed by atoms with Gasteiger partial charge in [-0.3, -0.25) is 4.79 Å². The first-order chi connectivity index (χ1) is 12.5. The minimum Gasteiger partial charge on any atom is -0.481 e. The van der Waals surface area contributed by atoms with E-state index in [0.29, 0.717) is 0 Å². The van der Waals surface area contributed by atoms with Crippen LogP contribution in [0.3, 0.4) is 0 Å². The maximum absolute atomic E-state index is 11.8. The van der Waals surface area contributed by atoms with Crippen LogP contribution in [0.4, 0.5) is 0 Å². The van der Waals surface area contributed by atoms with Gasteiger partial charge in [0.1, 0.15) is 0 Å². The van der Waals surface area contributed by atoms with Crippen LogP contribution in [0.2, 0.25) is 18.1 Å². The summed E-state index contributed by atoms with van der Waals surface area (Å²) < 4.78 is 6.91. The van der Waals surface area contributed by atoms with Gasteiger partial charge in [-0.25, -0.2) is 0 Å². The first-order valence-electron chi connectivity index (χ1n) is 10.4. The van der Waals surface area contributed by atoms with Gasteiger partial charge in [0.15, 0.2) is 8.32 Å². The minimum atomic E-state index is -1.98. The highest BCUT2D eigenvalue weighted by Crippen LogP contribution is 2.37. The van der Waals surface area contributed by atoms with Gasteiger partial charge in [-0.1, -0.05) is 89.6 Å². The van der Waals surface area contributed by atoms with Gasteiger partial charge in [0.2, 0.25) is 0 Å². The third-order valence-corrected chi connectivity index (χ3v) is 9.85. The molecule has 0 radical (unpaired) electrons. The molecule has 0 aliphatic heterocycles. The summed E-state index contributed by atoms with van der Waals surface area (Å²) in [4.78, 5) is 11.8. The average Bonchev–Trinajstić information content (AvgIpc) is 2.67. The second-order valence-corrected chi connectivity index (χ2v) is 11.7. The van der Waals surface area contributed by atoms with Crippen LogP contribution in [-0.4, -0.2) is 19.4 Å². The number of aliphatic carboxylic acids is 1. The molecule has 26 heavy (non-hydrogen) atoms. The Bertz CT molecular complexity index is 482. The minimum absolute atomic E-state index is 0.342. The summed E-state index contributed by atoms with van der Waals surface area (Å²) in [6, 6.07) is 13.4. The summed E-state index contributed by atoms with van der Waals surface area (Å²) in [5, 5.41) is 9.67. The second-order valence-electron chi connectivity index (χ2n) is 7.57. The van der Waals surface area contributed by atoms with Crippen LogP contribution in [0.5, 0.6) is 0 Å². The van der Waals surface area contributed by atoms with E-state index in [0.717, 1.165) is 23.7 Å². The van der Waals surface area contributed by atoms with E-state index in [9.17, 15) is 9.90 Å². The molecule has 2 atom stereocenters. The van der Waals surface area contributed by atoms with Gasteiger partial charge >= 0.3 is 5.97 Å². The number of hydrogen-bond donors (Lipinski definition) is 1. The SMILES string of the molecule is CCCC[Si](CCCC)(CCCC)O[C@H](c1ccccc1)[C@H](C)C(=O)O. The van der Waals surface area contributed by atoms with Gasteiger partial charge in [-0.05, 0) is 30.6 Å². The average molecular weight is 379 g/mol. The third-order valence-electron chi connectivity index (χ3n) is 5.31. The standard InChI is InChI=1S/C22H38O3Si/c1-5-8-16-26(17-9-6-2,18-10-7-3)25-21(19(4)22(23)24)20-14-12-11-13-15-20/h11-15,19,21H,5-10,16-18H2,1-4H3,(H,23,24)/t19-,21-/m0/s1. The van der Waals surface area contributed by atoms with Crippen LogP contribution in [0.1, 0.15) is 77.9 Å². The van der Waals surface area contributed by atoms with Crippen molar-refractivity contribution < 1.29 is 14.3 Å². The van der Waals surface area contributed by atoms with Gasteiger partial charge in [-0.15, -0.1) is 0 Å². The lowest BCUT2D eigenvalue weighted by Gasteiger charge is -2.37. The molecule has 0 spiro atoms. The monoisotopic (exact) mass is 378 g/mol. The number of carboxylic acids is 1. The van der Waals surface area contributed by atoms with E-state index in [-0.39, 0.29) is 6.10 Å². The molecule has 148 valence electrons. The van der Waals surface area contributed by atoms with Crippen LogP contribution in [0.15, 0.2) is 30.3 Å². The Morgan fingerprint density at radius 3 is 1.81 bits per heavy atom. The lowest BCUT2D eigenvalue weighted by Crippen LogP contribution is -2.41. The maximum Gasteiger partial charge on any atom is 0.309 e. The van der Waals surface area contributed by atoms with Crippen molar-refractivity contribution in [1.29, 1.82) is 0 Å². The molecule has 0 aromatic heterocycles. The number of unbranched alkanes of at least 4 members (excludes halogenated alkanes) is 3. The van der Waals surface area contributed by atoms with Gasteiger partial charge in [0, 0.05) is 0 Å². The zero-order valence-corrected chi connectivity index (χ0v) is 18.2. The number of hydrogen-bond acceptors (Lipinski definition) is 2. The molecule has 0 saturated heterocycles. The fourth-order valence-electron chi connectivity index (χ4n) is 3.55. The molecule has 0 fully saturated rings. The summed E-state index contributed by atoms with van der Waals surface area (Å²) in [6.45, 7) is 8.48. The zero-order chi connectivity index (χ0) is 19.4. The molecular weight excluding hydrogens is 340 g/mol. The Morgan fingerprint density at radius 2 is 1.42 bits per heavy atom. The van der Waals surface area contributed by atoms with E-state index in [4.69, 9.17) is 4.43 Å². The Balaban J connectivity index is 3.18. The first kappa shape index (κ1) is 22.9. The molecule has 4 heteroatoms. The molecule has 0 saturated carbocycles. The van der Waals surface area contributed by atoms with E-state index in [1.165, 1.54) is 38.5 Å². The summed E-state index contributed by atoms with van der Waals surface area (Å²) in [5.41, 5.74) is 1.00. The number of carboxylic acid groups (broad SMARTS) is 1. The zero-order valence-electron chi connectivity index (χ0n) is 17.2. The lowest BCUT2D eigenvalue weighted by molar-refractivity contribution is -0.144. The maximum atomic E-state index is 11.8. The lowest BCUT2D eigenvalue weighted by atomic mass is 9.98. The summed E-state index contributed by atoms with van der Waals surface area (Å²) in [7, 11) is -1.98. The Labute approximate surface area is 161 Å². The van der Waals surface area contributed by atoms with Crippen molar-refractivity contribution in [1.82, 2.24) is 0 Å². The van der Waals surface area contributed by atoms with Crippen LogP contribution in [0.25, 0.3) is 0 Å². The molecule has 3 nitrogen and oxygen atoms in total. The summed E-state index contributed by atoms with van der Waals surface area (Å²) in [6.07, 6.45) is 6.71. The van der Waals surface area contributed by atoms with E-state index in [1.807, 2.05) is 30.3 Å². The van der Waals surface area contributed by atoms with Crippen molar-refractivity contribution in [2.24, 2.45) is 5.92 Å². The highest BCUT2D eigenvalue weighted by Gasteiger charge is 2.39. The molecule has 1 rings (SSSR count). The third kappa shape index (κ3) is 7.24. The van der Waals surface area contributed by atoms with E-state index in [1.54, 1.807) is 6.92 Å². The number of rotatable bonds is 14. The fourth-order valence-corrected chi connectivity index (χ4v) is 8.53. The van der Waals surface area contributed by atoms with Crippen molar-refractivity contribution in [3.63, 3.8) is 0 Å². The number of carbonyl (C=O) groups is 1. The molecule has 0 unspecified atom stereocenters. The molecule has 0 amide bonds. The molecule has 1 N–H and O–H groups in total.